The summed E-state index contributed by atoms with van der Waals surface area (Å²) in [6, 6.07) is 4.96. The second kappa shape index (κ2) is 7.97. The molecule has 1 heterocycles. The number of fused-ring (bicyclic) bond motifs is 1. The van der Waals surface area contributed by atoms with Gasteiger partial charge in [0.2, 0.25) is 5.91 Å². The van der Waals surface area contributed by atoms with Crippen molar-refractivity contribution < 1.29 is 19.0 Å². The SMILES string of the molecule is C=CCOCC(O)CN1CCC(=O)N(C2CC2)Cc2cc(F)ccc21. The van der Waals surface area contributed by atoms with Crippen molar-refractivity contribution in [2.75, 3.05) is 31.2 Å². The number of β-amino-alcohol motifs (C(OH)–C–C–N with tert-alkyl or cyclic N) is 1. The summed E-state index contributed by atoms with van der Waals surface area (Å²) >= 11 is 0. The number of aliphatic hydroxyl groups is 1. The molecule has 1 aromatic rings. The molecule has 1 aliphatic carbocycles. The summed E-state index contributed by atoms with van der Waals surface area (Å²) in [7, 11) is 0. The van der Waals surface area contributed by atoms with E-state index in [2.05, 4.69) is 6.58 Å². The Labute approximate surface area is 147 Å². The zero-order chi connectivity index (χ0) is 17.8. The molecule has 1 atom stereocenters. The molecule has 1 N–H and O–H groups in total. The fourth-order valence-corrected chi connectivity index (χ4v) is 3.26. The van der Waals surface area contributed by atoms with Gasteiger partial charge in [0.25, 0.3) is 0 Å². The quantitative estimate of drug-likeness (QED) is 0.606. The summed E-state index contributed by atoms with van der Waals surface area (Å²) in [4.78, 5) is 16.3. The van der Waals surface area contributed by atoms with E-state index in [9.17, 15) is 14.3 Å². The van der Waals surface area contributed by atoms with Gasteiger partial charge in [0.1, 0.15) is 5.82 Å². The van der Waals surface area contributed by atoms with Crippen LogP contribution < -0.4 is 4.90 Å². The lowest BCUT2D eigenvalue weighted by atomic mass is 10.1. The first-order valence-corrected chi connectivity index (χ1v) is 8.78. The largest absolute Gasteiger partial charge is 0.389 e. The smallest absolute Gasteiger partial charge is 0.224 e. The van der Waals surface area contributed by atoms with Gasteiger partial charge in [0, 0.05) is 37.8 Å². The van der Waals surface area contributed by atoms with Crippen molar-refractivity contribution in [3.8, 4) is 0 Å². The normalized spacial score (nSPS) is 19.2. The van der Waals surface area contributed by atoms with E-state index in [4.69, 9.17) is 4.74 Å². The van der Waals surface area contributed by atoms with Gasteiger partial charge in [-0.3, -0.25) is 4.79 Å². The molecule has 1 aliphatic heterocycles. The summed E-state index contributed by atoms with van der Waals surface area (Å²) in [5, 5.41) is 10.2. The van der Waals surface area contributed by atoms with Crippen molar-refractivity contribution in [3.63, 3.8) is 0 Å². The van der Waals surface area contributed by atoms with Crippen LogP contribution in [0, 0.1) is 5.82 Å². The van der Waals surface area contributed by atoms with E-state index in [1.165, 1.54) is 12.1 Å². The van der Waals surface area contributed by atoms with Crippen molar-refractivity contribution in [2.45, 2.75) is 38.0 Å². The molecule has 1 unspecified atom stereocenters. The first kappa shape index (κ1) is 17.9. The first-order valence-electron chi connectivity index (χ1n) is 8.78. The number of rotatable bonds is 7. The van der Waals surface area contributed by atoms with Gasteiger partial charge in [-0.05, 0) is 36.6 Å². The Morgan fingerprint density at radius 2 is 2.24 bits per heavy atom. The lowest BCUT2D eigenvalue weighted by Crippen LogP contribution is -2.42. The molecule has 6 heteroatoms. The summed E-state index contributed by atoms with van der Waals surface area (Å²) in [5.41, 5.74) is 1.67. The fraction of sp³-hybridized carbons (Fsp3) is 0.526. The highest BCUT2D eigenvalue weighted by atomic mass is 19.1. The van der Waals surface area contributed by atoms with Crippen molar-refractivity contribution in [1.29, 1.82) is 0 Å². The maximum atomic E-state index is 13.8. The van der Waals surface area contributed by atoms with E-state index in [0.29, 0.717) is 38.7 Å². The lowest BCUT2D eigenvalue weighted by Gasteiger charge is -2.34. The highest BCUT2D eigenvalue weighted by molar-refractivity contribution is 5.78. The molecule has 0 spiro atoms. The molecule has 1 saturated carbocycles. The minimum Gasteiger partial charge on any atom is -0.389 e. The minimum atomic E-state index is -0.688. The summed E-state index contributed by atoms with van der Waals surface area (Å²) < 4.78 is 19.1. The second-order valence-electron chi connectivity index (χ2n) is 6.70. The molecular formula is C19H25FN2O3. The first-order chi connectivity index (χ1) is 12.1. The van der Waals surface area contributed by atoms with Crippen LogP contribution in [-0.4, -0.2) is 54.4 Å². The van der Waals surface area contributed by atoms with E-state index >= 15 is 0 Å². The Bertz CT molecular complexity index is 633. The molecule has 0 saturated heterocycles. The van der Waals surface area contributed by atoms with E-state index in [-0.39, 0.29) is 18.3 Å². The third-order valence-corrected chi connectivity index (χ3v) is 4.60. The zero-order valence-corrected chi connectivity index (χ0v) is 14.4. The van der Waals surface area contributed by atoms with Crippen molar-refractivity contribution in [2.24, 2.45) is 0 Å². The van der Waals surface area contributed by atoms with Gasteiger partial charge in [-0.1, -0.05) is 6.08 Å². The number of carbonyl (C=O) groups excluding carboxylic acids is 1. The van der Waals surface area contributed by atoms with Crippen molar-refractivity contribution in [1.82, 2.24) is 4.90 Å². The van der Waals surface area contributed by atoms with Crippen molar-refractivity contribution >= 4 is 11.6 Å². The lowest BCUT2D eigenvalue weighted by molar-refractivity contribution is -0.132. The number of carbonyl (C=O) groups is 1. The third-order valence-electron chi connectivity index (χ3n) is 4.60. The zero-order valence-electron chi connectivity index (χ0n) is 14.4. The van der Waals surface area contributed by atoms with E-state index < -0.39 is 6.10 Å². The van der Waals surface area contributed by atoms with Crippen LogP contribution in [0.15, 0.2) is 30.9 Å². The van der Waals surface area contributed by atoms with Crippen LogP contribution in [0.25, 0.3) is 0 Å². The molecule has 0 aromatic heterocycles. The number of anilines is 1. The number of halogens is 1. The van der Waals surface area contributed by atoms with Crippen LogP contribution in [0.1, 0.15) is 24.8 Å². The molecule has 0 radical (unpaired) electrons. The molecular weight excluding hydrogens is 323 g/mol. The molecule has 136 valence electrons. The summed E-state index contributed by atoms with van der Waals surface area (Å²) in [6.45, 7) is 5.42. The number of amides is 1. The summed E-state index contributed by atoms with van der Waals surface area (Å²) in [5.74, 6) is -0.211. The molecule has 1 aromatic carbocycles. The van der Waals surface area contributed by atoms with Gasteiger partial charge in [-0.2, -0.15) is 0 Å². The van der Waals surface area contributed by atoms with E-state index in [1.807, 2.05) is 9.80 Å². The summed E-state index contributed by atoms with van der Waals surface area (Å²) in [6.07, 6.45) is 3.39. The fourth-order valence-electron chi connectivity index (χ4n) is 3.26. The van der Waals surface area contributed by atoms with Gasteiger partial charge in [0.05, 0.1) is 19.3 Å². The molecule has 5 nitrogen and oxygen atoms in total. The van der Waals surface area contributed by atoms with Gasteiger partial charge in [-0.25, -0.2) is 4.39 Å². The Morgan fingerprint density at radius 3 is 2.96 bits per heavy atom. The third kappa shape index (κ3) is 4.58. The maximum absolute atomic E-state index is 13.8. The predicted molar refractivity (Wildman–Crippen MR) is 93.8 cm³/mol. The molecule has 2 aliphatic rings. The van der Waals surface area contributed by atoms with Crippen LogP contribution in [0.2, 0.25) is 0 Å². The topological polar surface area (TPSA) is 53.0 Å². The highest BCUT2D eigenvalue weighted by Crippen LogP contribution is 2.33. The Hall–Kier alpha value is -1.92. The highest BCUT2D eigenvalue weighted by Gasteiger charge is 2.34. The Kier molecular flexibility index (Phi) is 5.71. The Morgan fingerprint density at radius 1 is 1.44 bits per heavy atom. The number of ether oxygens (including phenoxy) is 1. The van der Waals surface area contributed by atoms with Gasteiger partial charge in [0.15, 0.2) is 0 Å². The molecule has 1 amide bonds. The van der Waals surface area contributed by atoms with E-state index in [0.717, 1.165) is 24.1 Å². The van der Waals surface area contributed by atoms with Crippen LogP contribution in [0.5, 0.6) is 0 Å². The molecule has 3 rings (SSSR count). The van der Waals surface area contributed by atoms with Crippen LogP contribution in [0.4, 0.5) is 10.1 Å². The average Bonchev–Trinajstić information content (AvgIpc) is 3.40. The molecule has 25 heavy (non-hydrogen) atoms. The molecule has 1 fully saturated rings. The van der Waals surface area contributed by atoms with Crippen LogP contribution >= 0.6 is 0 Å². The number of nitrogens with zero attached hydrogens (tertiary/aromatic N) is 2. The van der Waals surface area contributed by atoms with Gasteiger partial charge >= 0.3 is 0 Å². The predicted octanol–water partition coefficient (Wildman–Crippen LogP) is 2.09. The minimum absolute atomic E-state index is 0.0970. The van der Waals surface area contributed by atoms with Crippen molar-refractivity contribution in [3.05, 3.63) is 42.2 Å². The van der Waals surface area contributed by atoms with E-state index in [1.54, 1.807) is 12.1 Å². The average molecular weight is 348 g/mol. The van der Waals surface area contributed by atoms with Crippen LogP contribution in [-0.2, 0) is 16.1 Å². The Balaban J connectivity index is 1.78. The van der Waals surface area contributed by atoms with Crippen LogP contribution in [0.3, 0.4) is 0 Å². The number of benzene rings is 1. The maximum Gasteiger partial charge on any atom is 0.224 e. The number of aliphatic hydroxyl groups excluding tert-OH is 1. The molecule has 0 bridgehead atoms. The van der Waals surface area contributed by atoms with Gasteiger partial charge < -0.3 is 19.6 Å². The van der Waals surface area contributed by atoms with Gasteiger partial charge in [-0.15, -0.1) is 6.58 Å². The monoisotopic (exact) mass is 348 g/mol. The number of hydrogen-bond donors (Lipinski definition) is 1. The second-order valence-corrected chi connectivity index (χ2v) is 6.70. The number of hydrogen-bond acceptors (Lipinski definition) is 4. The standard InChI is InChI=1S/C19H25FN2O3/c1-2-9-25-13-17(23)12-21-8-7-19(24)22(16-4-5-16)11-14-10-15(20)3-6-18(14)21/h2-3,6,10,16-17,23H,1,4-5,7-9,11-13H2.